The quantitative estimate of drug-likeness (QED) is 0.867. The topological polar surface area (TPSA) is 45.1 Å². The third kappa shape index (κ3) is 2.07. The van der Waals surface area contributed by atoms with E-state index in [0.717, 1.165) is 29.5 Å². The van der Waals surface area contributed by atoms with Gasteiger partial charge in [0.15, 0.2) is 0 Å². The van der Waals surface area contributed by atoms with Crippen LogP contribution in [0.15, 0.2) is 22.9 Å². The van der Waals surface area contributed by atoms with Crippen LogP contribution in [-0.4, -0.2) is 23.2 Å². The van der Waals surface area contributed by atoms with E-state index in [4.69, 9.17) is 5.11 Å². The van der Waals surface area contributed by atoms with E-state index in [9.17, 15) is 0 Å². The summed E-state index contributed by atoms with van der Waals surface area (Å²) < 4.78 is 0.966. The molecule has 1 aromatic heterocycles. The first-order valence-corrected chi connectivity index (χ1v) is 5.49. The van der Waals surface area contributed by atoms with Crippen LogP contribution in [0.4, 0.5) is 5.69 Å². The molecule has 4 heteroatoms. The van der Waals surface area contributed by atoms with Gasteiger partial charge in [-0.15, -0.1) is 0 Å². The minimum atomic E-state index is 0.142. The molecule has 0 aromatic carbocycles. The van der Waals surface area contributed by atoms with Gasteiger partial charge in [-0.25, -0.2) is 0 Å². The van der Waals surface area contributed by atoms with Gasteiger partial charge in [-0.1, -0.05) is 0 Å². The molecular weight excluding hydrogens is 244 g/mol. The fourth-order valence-corrected chi connectivity index (χ4v) is 1.76. The average Bonchev–Trinajstić information content (AvgIpc) is 2.98. The van der Waals surface area contributed by atoms with Crippen molar-refractivity contribution in [3.8, 4) is 0 Å². The third-order valence-corrected chi connectivity index (χ3v) is 3.35. The number of nitrogens with zero attached hydrogens (tertiary/aromatic N) is 1. The van der Waals surface area contributed by atoms with Gasteiger partial charge in [0.2, 0.25) is 0 Å². The molecule has 14 heavy (non-hydrogen) atoms. The van der Waals surface area contributed by atoms with Crippen molar-refractivity contribution in [1.29, 1.82) is 0 Å². The molecule has 0 saturated heterocycles. The predicted molar refractivity (Wildman–Crippen MR) is 59.2 cm³/mol. The van der Waals surface area contributed by atoms with Crippen molar-refractivity contribution in [3.05, 3.63) is 22.9 Å². The van der Waals surface area contributed by atoms with Crippen LogP contribution in [0.25, 0.3) is 0 Å². The number of aliphatic hydroxyl groups is 1. The Hall–Kier alpha value is -0.610. The Labute approximate surface area is 91.7 Å². The Morgan fingerprint density at radius 1 is 1.57 bits per heavy atom. The van der Waals surface area contributed by atoms with Crippen LogP contribution in [0.2, 0.25) is 0 Å². The molecule has 1 fully saturated rings. The Morgan fingerprint density at radius 3 is 2.93 bits per heavy atom. The molecule has 0 spiro atoms. The lowest BCUT2D eigenvalue weighted by Gasteiger charge is -2.14. The Balaban J connectivity index is 1.95. The van der Waals surface area contributed by atoms with Crippen LogP contribution in [-0.2, 0) is 0 Å². The van der Waals surface area contributed by atoms with E-state index >= 15 is 0 Å². The van der Waals surface area contributed by atoms with Gasteiger partial charge in [0, 0.05) is 24.4 Å². The van der Waals surface area contributed by atoms with E-state index in [2.05, 4.69) is 26.2 Å². The van der Waals surface area contributed by atoms with Crippen LogP contribution in [0.3, 0.4) is 0 Å². The number of anilines is 1. The van der Waals surface area contributed by atoms with Gasteiger partial charge in [-0.3, -0.25) is 4.98 Å². The normalized spacial score (nSPS) is 17.9. The molecule has 0 bridgehead atoms. The number of hydrogen-bond acceptors (Lipinski definition) is 3. The summed E-state index contributed by atoms with van der Waals surface area (Å²) in [7, 11) is 0. The molecule has 1 aliphatic rings. The summed E-state index contributed by atoms with van der Waals surface area (Å²) in [5, 5.41) is 12.5. The smallest absolute Gasteiger partial charge is 0.0590 e. The number of halogens is 1. The first-order valence-electron chi connectivity index (χ1n) is 4.70. The van der Waals surface area contributed by atoms with Crippen molar-refractivity contribution in [2.24, 2.45) is 5.41 Å². The summed E-state index contributed by atoms with van der Waals surface area (Å²) in [6.07, 6.45) is 5.77. The van der Waals surface area contributed by atoms with Crippen molar-refractivity contribution in [2.75, 3.05) is 18.5 Å². The lowest BCUT2D eigenvalue weighted by Crippen LogP contribution is -2.19. The van der Waals surface area contributed by atoms with Gasteiger partial charge in [-0.05, 0) is 34.8 Å². The second-order valence-corrected chi connectivity index (χ2v) is 4.72. The zero-order valence-corrected chi connectivity index (χ0v) is 9.42. The summed E-state index contributed by atoms with van der Waals surface area (Å²) in [6, 6.07) is 1.93. The second-order valence-electron chi connectivity index (χ2n) is 3.87. The van der Waals surface area contributed by atoms with Gasteiger partial charge in [0.05, 0.1) is 16.8 Å². The van der Waals surface area contributed by atoms with Crippen molar-refractivity contribution in [1.82, 2.24) is 4.98 Å². The maximum absolute atomic E-state index is 9.14. The highest BCUT2D eigenvalue weighted by atomic mass is 79.9. The average molecular weight is 257 g/mol. The van der Waals surface area contributed by atoms with Gasteiger partial charge in [0.25, 0.3) is 0 Å². The number of nitrogens with one attached hydrogen (secondary N) is 1. The van der Waals surface area contributed by atoms with Crippen LogP contribution >= 0.6 is 15.9 Å². The van der Waals surface area contributed by atoms with Gasteiger partial charge in [0.1, 0.15) is 0 Å². The van der Waals surface area contributed by atoms with E-state index in [-0.39, 0.29) is 12.0 Å². The standard InChI is InChI=1S/C10H13BrN2O/c11-8-5-12-4-1-9(8)13-6-10(7-14)2-3-10/h1,4-5,14H,2-3,6-7H2,(H,12,13). The van der Waals surface area contributed by atoms with Crippen LogP contribution in [0, 0.1) is 5.41 Å². The Morgan fingerprint density at radius 2 is 2.36 bits per heavy atom. The summed E-state index contributed by atoms with van der Waals surface area (Å²) in [6.45, 7) is 1.12. The zero-order chi connectivity index (χ0) is 10.0. The van der Waals surface area contributed by atoms with E-state index in [1.807, 2.05) is 6.07 Å². The minimum Gasteiger partial charge on any atom is -0.396 e. The molecule has 0 unspecified atom stereocenters. The van der Waals surface area contributed by atoms with E-state index in [1.165, 1.54) is 0 Å². The first kappa shape index (κ1) is 9.93. The number of pyridine rings is 1. The van der Waals surface area contributed by atoms with Gasteiger partial charge in [-0.2, -0.15) is 0 Å². The highest BCUT2D eigenvalue weighted by molar-refractivity contribution is 9.10. The molecule has 0 aliphatic heterocycles. The third-order valence-electron chi connectivity index (χ3n) is 2.72. The maximum Gasteiger partial charge on any atom is 0.0590 e. The lowest BCUT2D eigenvalue weighted by molar-refractivity contribution is 0.220. The van der Waals surface area contributed by atoms with E-state index in [1.54, 1.807) is 12.4 Å². The number of hydrogen-bond donors (Lipinski definition) is 2. The van der Waals surface area contributed by atoms with Gasteiger partial charge >= 0.3 is 0 Å². The molecule has 2 N–H and O–H groups in total. The predicted octanol–water partition coefficient (Wildman–Crippen LogP) is 2.03. The Bertz CT molecular complexity index is 326. The largest absolute Gasteiger partial charge is 0.396 e. The molecule has 3 nitrogen and oxygen atoms in total. The van der Waals surface area contributed by atoms with E-state index in [0.29, 0.717) is 0 Å². The molecular formula is C10H13BrN2O. The van der Waals surface area contributed by atoms with Crippen molar-refractivity contribution < 1.29 is 5.11 Å². The Kier molecular flexibility index (Phi) is 2.74. The number of aromatic nitrogens is 1. The van der Waals surface area contributed by atoms with Crippen molar-refractivity contribution in [2.45, 2.75) is 12.8 Å². The SMILES string of the molecule is OCC1(CNc2ccncc2Br)CC1. The van der Waals surface area contributed by atoms with Crippen LogP contribution in [0.5, 0.6) is 0 Å². The highest BCUT2D eigenvalue weighted by Gasteiger charge is 2.41. The molecule has 0 radical (unpaired) electrons. The molecule has 0 atom stereocenters. The number of aliphatic hydroxyl groups excluding tert-OH is 1. The van der Waals surface area contributed by atoms with Gasteiger partial charge < -0.3 is 10.4 Å². The van der Waals surface area contributed by atoms with Crippen molar-refractivity contribution in [3.63, 3.8) is 0 Å². The first-order chi connectivity index (χ1) is 6.76. The fraction of sp³-hybridized carbons (Fsp3) is 0.500. The maximum atomic E-state index is 9.14. The highest BCUT2D eigenvalue weighted by Crippen LogP contribution is 2.45. The molecule has 1 saturated carbocycles. The molecule has 0 amide bonds. The van der Waals surface area contributed by atoms with Crippen molar-refractivity contribution >= 4 is 21.6 Å². The lowest BCUT2D eigenvalue weighted by atomic mass is 10.1. The summed E-state index contributed by atoms with van der Waals surface area (Å²) >= 11 is 3.42. The summed E-state index contributed by atoms with van der Waals surface area (Å²) in [5.41, 5.74) is 1.18. The fourth-order valence-electron chi connectivity index (χ4n) is 1.37. The van der Waals surface area contributed by atoms with Crippen LogP contribution in [0.1, 0.15) is 12.8 Å². The summed E-state index contributed by atoms with van der Waals surface area (Å²) in [5.74, 6) is 0. The second kappa shape index (κ2) is 3.87. The van der Waals surface area contributed by atoms with E-state index < -0.39 is 0 Å². The van der Waals surface area contributed by atoms with Crippen LogP contribution < -0.4 is 5.32 Å². The summed E-state index contributed by atoms with van der Waals surface area (Å²) in [4.78, 5) is 3.99. The molecule has 1 aliphatic carbocycles. The zero-order valence-electron chi connectivity index (χ0n) is 7.83. The monoisotopic (exact) mass is 256 g/mol. The minimum absolute atomic E-state index is 0.142. The molecule has 1 heterocycles. The number of rotatable bonds is 4. The molecule has 2 rings (SSSR count). The molecule has 76 valence electrons. The molecule has 1 aromatic rings.